The van der Waals surface area contributed by atoms with Crippen LogP contribution in [0.1, 0.15) is 11.1 Å². The molecule has 0 radical (unpaired) electrons. The molecule has 0 aliphatic heterocycles. The fourth-order valence-corrected chi connectivity index (χ4v) is 3.07. The molecule has 0 saturated heterocycles. The third-order valence-corrected chi connectivity index (χ3v) is 4.28. The molecule has 140 valence electrons. The Morgan fingerprint density at radius 2 is 1.67 bits per heavy atom. The van der Waals surface area contributed by atoms with Crippen molar-refractivity contribution in [2.24, 2.45) is 4.99 Å². The first-order chi connectivity index (χ1) is 13.0. The van der Waals surface area contributed by atoms with Crippen LogP contribution >= 0.6 is 0 Å². The summed E-state index contributed by atoms with van der Waals surface area (Å²) >= 11 is 0. The Balaban J connectivity index is 1.82. The highest BCUT2D eigenvalue weighted by molar-refractivity contribution is 5.79. The van der Waals surface area contributed by atoms with Crippen molar-refractivity contribution in [1.82, 2.24) is 24.6 Å². The number of rotatable bonds is 5. The zero-order chi connectivity index (χ0) is 19.2. The van der Waals surface area contributed by atoms with E-state index in [0.717, 1.165) is 12.5 Å². The molecule has 0 saturated carbocycles. The summed E-state index contributed by atoms with van der Waals surface area (Å²) in [7, 11) is 8.05. The number of aliphatic imine (C=N–C) groups is 1. The standard InChI is InChI=1S/C21H26N6/c1-25(2)21(26(3)4)23-13-19-7-5-6-8-20(19)18-11-9-17(10-12-18)14-27-16-22-15-24-27/h5-12,15-16H,13-14H2,1-4H3. The lowest BCUT2D eigenvalue weighted by atomic mass is 9.98. The van der Waals surface area contributed by atoms with Crippen LogP contribution in [0.3, 0.4) is 0 Å². The lowest BCUT2D eigenvalue weighted by Crippen LogP contribution is -2.35. The van der Waals surface area contributed by atoms with Gasteiger partial charge in [-0.3, -0.25) is 0 Å². The average molecular weight is 362 g/mol. The lowest BCUT2D eigenvalue weighted by Gasteiger charge is -2.22. The summed E-state index contributed by atoms with van der Waals surface area (Å²) < 4.78 is 1.82. The van der Waals surface area contributed by atoms with Gasteiger partial charge in [0.2, 0.25) is 0 Å². The maximum absolute atomic E-state index is 4.80. The molecule has 0 fully saturated rings. The monoisotopic (exact) mass is 362 g/mol. The van der Waals surface area contributed by atoms with Crippen LogP contribution in [-0.4, -0.2) is 58.7 Å². The van der Waals surface area contributed by atoms with Gasteiger partial charge in [-0.25, -0.2) is 14.7 Å². The lowest BCUT2D eigenvalue weighted by molar-refractivity contribution is 0.479. The van der Waals surface area contributed by atoms with E-state index in [1.807, 2.05) is 42.7 Å². The number of nitrogens with zero attached hydrogens (tertiary/aromatic N) is 6. The molecule has 3 aromatic rings. The molecule has 0 spiro atoms. The van der Waals surface area contributed by atoms with Crippen LogP contribution in [0.4, 0.5) is 0 Å². The summed E-state index contributed by atoms with van der Waals surface area (Å²) in [6.45, 7) is 1.36. The van der Waals surface area contributed by atoms with Gasteiger partial charge in [0.15, 0.2) is 5.96 Å². The van der Waals surface area contributed by atoms with Crippen LogP contribution in [0.2, 0.25) is 0 Å². The van der Waals surface area contributed by atoms with E-state index in [1.165, 1.54) is 22.3 Å². The Kier molecular flexibility index (Phi) is 5.86. The van der Waals surface area contributed by atoms with Crippen molar-refractivity contribution in [3.63, 3.8) is 0 Å². The van der Waals surface area contributed by atoms with Gasteiger partial charge < -0.3 is 9.80 Å². The normalized spacial score (nSPS) is 10.5. The van der Waals surface area contributed by atoms with E-state index in [4.69, 9.17) is 4.99 Å². The van der Waals surface area contributed by atoms with Crippen molar-refractivity contribution >= 4 is 5.96 Å². The minimum Gasteiger partial charge on any atom is -0.349 e. The molecule has 3 rings (SSSR count). The zero-order valence-corrected chi connectivity index (χ0v) is 16.4. The van der Waals surface area contributed by atoms with E-state index in [9.17, 15) is 0 Å². The van der Waals surface area contributed by atoms with E-state index < -0.39 is 0 Å². The molecule has 0 amide bonds. The molecule has 2 aromatic carbocycles. The highest BCUT2D eigenvalue weighted by Crippen LogP contribution is 2.25. The van der Waals surface area contributed by atoms with E-state index in [1.54, 1.807) is 12.7 Å². The molecular formula is C21H26N6. The van der Waals surface area contributed by atoms with E-state index in [2.05, 4.69) is 58.6 Å². The van der Waals surface area contributed by atoms with Crippen LogP contribution in [0.5, 0.6) is 0 Å². The van der Waals surface area contributed by atoms with Gasteiger partial charge in [0, 0.05) is 28.2 Å². The second kappa shape index (κ2) is 8.49. The molecule has 1 aromatic heterocycles. The van der Waals surface area contributed by atoms with Gasteiger partial charge in [-0.1, -0.05) is 48.5 Å². The third-order valence-electron chi connectivity index (χ3n) is 4.28. The molecule has 0 aliphatic rings. The molecule has 0 aliphatic carbocycles. The van der Waals surface area contributed by atoms with Gasteiger partial charge in [-0.15, -0.1) is 0 Å². The quantitative estimate of drug-likeness (QED) is 0.517. The molecule has 27 heavy (non-hydrogen) atoms. The SMILES string of the molecule is CN(C)C(=NCc1ccccc1-c1ccc(Cn2cncn2)cc1)N(C)C. The Labute approximate surface area is 160 Å². The van der Waals surface area contributed by atoms with Crippen molar-refractivity contribution in [3.05, 3.63) is 72.3 Å². The zero-order valence-electron chi connectivity index (χ0n) is 16.4. The van der Waals surface area contributed by atoms with Crippen LogP contribution in [0.15, 0.2) is 66.2 Å². The van der Waals surface area contributed by atoms with Gasteiger partial charge in [0.05, 0.1) is 13.1 Å². The van der Waals surface area contributed by atoms with Crippen molar-refractivity contribution in [2.45, 2.75) is 13.1 Å². The minimum absolute atomic E-state index is 0.641. The fourth-order valence-electron chi connectivity index (χ4n) is 3.07. The number of aromatic nitrogens is 3. The van der Waals surface area contributed by atoms with Crippen molar-refractivity contribution in [3.8, 4) is 11.1 Å². The largest absolute Gasteiger partial charge is 0.349 e. The summed E-state index contributed by atoms with van der Waals surface area (Å²) in [5, 5.41) is 4.16. The summed E-state index contributed by atoms with van der Waals surface area (Å²) in [5.74, 6) is 0.952. The van der Waals surface area contributed by atoms with Crippen LogP contribution in [0, 0.1) is 0 Å². The van der Waals surface area contributed by atoms with Gasteiger partial charge in [0.1, 0.15) is 12.7 Å². The summed E-state index contributed by atoms with van der Waals surface area (Å²) in [6, 6.07) is 17.0. The molecule has 1 heterocycles. The Hall–Kier alpha value is -3.15. The van der Waals surface area contributed by atoms with E-state index >= 15 is 0 Å². The molecule has 0 atom stereocenters. The van der Waals surface area contributed by atoms with Crippen molar-refractivity contribution in [2.75, 3.05) is 28.2 Å². The van der Waals surface area contributed by atoms with E-state index in [0.29, 0.717) is 6.54 Å². The first-order valence-electron chi connectivity index (χ1n) is 8.93. The summed E-state index contributed by atoms with van der Waals surface area (Å²) in [4.78, 5) is 12.8. The van der Waals surface area contributed by atoms with Crippen LogP contribution in [-0.2, 0) is 13.1 Å². The second-order valence-electron chi connectivity index (χ2n) is 6.85. The molecule has 0 unspecified atom stereocenters. The maximum atomic E-state index is 4.80. The van der Waals surface area contributed by atoms with E-state index in [-0.39, 0.29) is 0 Å². The topological polar surface area (TPSA) is 49.6 Å². The predicted molar refractivity (Wildman–Crippen MR) is 110 cm³/mol. The molecule has 6 heteroatoms. The van der Waals surface area contributed by atoms with Gasteiger partial charge in [-0.05, 0) is 22.3 Å². The molecule has 0 bridgehead atoms. The number of hydrogen-bond donors (Lipinski definition) is 0. The van der Waals surface area contributed by atoms with Gasteiger partial charge in [-0.2, -0.15) is 5.10 Å². The Morgan fingerprint density at radius 3 is 2.30 bits per heavy atom. The minimum atomic E-state index is 0.641. The number of benzene rings is 2. The maximum Gasteiger partial charge on any atom is 0.195 e. The van der Waals surface area contributed by atoms with Crippen molar-refractivity contribution < 1.29 is 0 Å². The fraction of sp³-hybridized carbons (Fsp3) is 0.286. The number of hydrogen-bond acceptors (Lipinski definition) is 3. The van der Waals surface area contributed by atoms with Crippen LogP contribution in [0.25, 0.3) is 11.1 Å². The Bertz CT molecular complexity index is 869. The summed E-state index contributed by atoms with van der Waals surface area (Å²) in [6.07, 6.45) is 3.29. The van der Waals surface area contributed by atoms with Crippen LogP contribution < -0.4 is 0 Å². The van der Waals surface area contributed by atoms with Gasteiger partial charge >= 0.3 is 0 Å². The average Bonchev–Trinajstić information content (AvgIpc) is 3.15. The third kappa shape index (κ3) is 4.73. The smallest absolute Gasteiger partial charge is 0.195 e. The summed E-state index contributed by atoms with van der Waals surface area (Å²) in [5.41, 5.74) is 4.81. The highest BCUT2D eigenvalue weighted by Gasteiger charge is 2.08. The predicted octanol–water partition coefficient (Wildman–Crippen LogP) is 2.97. The first kappa shape index (κ1) is 18.6. The number of guanidine groups is 1. The highest BCUT2D eigenvalue weighted by atomic mass is 15.3. The molecular weight excluding hydrogens is 336 g/mol. The van der Waals surface area contributed by atoms with Crippen molar-refractivity contribution in [1.29, 1.82) is 0 Å². The van der Waals surface area contributed by atoms with Gasteiger partial charge in [0.25, 0.3) is 0 Å². The molecule has 0 N–H and O–H groups in total. The second-order valence-corrected chi connectivity index (χ2v) is 6.85. The first-order valence-corrected chi connectivity index (χ1v) is 8.93. The Morgan fingerprint density at radius 1 is 0.963 bits per heavy atom. The molecule has 6 nitrogen and oxygen atoms in total.